The van der Waals surface area contributed by atoms with E-state index in [0.29, 0.717) is 18.1 Å². The maximum atomic E-state index is 12.6. The number of aryl methyl sites for hydroxylation is 3. The standard InChI is InChI=1S/C21H25N3O3/c1-5-24-11-10-17(22-24)13-23(4)21(25)19-9-8-18(27-19)14-26-20-12-15(2)6-7-16(20)3/h6-12H,5,13-14H2,1-4H3. The quantitative estimate of drug-likeness (QED) is 0.634. The van der Waals surface area contributed by atoms with Gasteiger partial charge in [0, 0.05) is 19.8 Å². The van der Waals surface area contributed by atoms with Crippen molar-refractivity contribution in [1.82, 2.24) is 14.7 Å². The zero-order chi connectivity index (χ0) is 19.4. The van der Waals surface area contributed by atoms with Gasteiger partial charge in [-0.25, -0.2) is 0 Å². The summed E-state index contributed by atoms with van der Waals surface area (Å²) >= 11 is 0. The highest BCUT2D eigenvalue weighted by atomic mass is 16.5. The number of rotatable bonds is 7. The molecule has 0 aliphatic carbocycles. The molecule has 0 fully saturated rings. The van der Waals surface area contributed by atoms with E-state index in [-0.39, 0.29) is 12.5 Å². The molecule has 0 bridgehead atoms. The van der Waals surface area contributed by atoms with Crippen molar-refractivity contribution in [3.8, 4) is 5.75 Å². The minimum atomic E-state index is -0.181. The van der Waals surface area contributed by atoms with Crippen molar-refractivity contribution in [1.29, 1.82) is 0 Å². The van der Waals surface area contributed by atoms with Crippen LogP contribution in [0.3, 0.4) is 0 Å². The summed E-state index contributed by atoms with van der Waals surface area (Å²) in [6.07, 6.45) is 1.91. The van der Waals surface area contributed by atoms with Gasteiger partial charge >= 0.3 is 0 Å². The lowest BCUT2D eigenvalue weighted by Crippen LogP contribution is -2.26. The molecular formula is C21H25N3O3. The van der Waals surface area contributed by atoms with Gasteiger partial charge in [0.05, 0.1) is 12.2 Å². The normalized spacial score (nSPS) is 10.8. The Bertz CT molecular complexity index is 926. The van der Waals surface area contributed by atoms with E-state index < -0.39 is 0 Å². The molecule has 0 N–H and O–H groups in total. The Morgan fingerprint density at radius 1 is 1.22 bits per heavy atom. The zero-order valence-corrected chi connectivity index (χ0v) is 16.2. The average Bonchev–Trinajstić information content (AvgIpc) is 3.31. The lowest BCUT2D eigenvalue weighted by atomic mass is 10.1. The highest BCUT2D eigenvalue weighted by molar-refractivity contribution is 5.91. The summed E-state index contributed by atoms with van der Waals surface area (Å²) in [7, 11) is 1.74. The topological polar surface area (TPSA) is 60.5 Å². The molecule has 0 radical (unpaired) electrons. The number of furan rings is 1. The van der Waals surface area contributed by atoms with Crippen molar-refractivity contribution in [2.45, 2.75) is 40.5 Å². The monoisotopic (exact) mass is 367 g/mol. The Morgan fingerprint density at radius 3 is 2.78 bits per heavy atom. The smallest absolute Gasteiger partial charge is 0.289 e. The van der Waals surface area contributed by atoms with E-state index in [0.717, 1.165) is 29.1 Å². The third kappa shape index (κ3) is 4.58. The molecular weight excluding hydrogens is 342 g/mol. The Labute approximate surface area is 159 Å². The Balaban J connectivity index is 1.60. The van der Waals surface area contributed by atoms with Gasteiger partial charge in [0.2, 0.25) is 0 Å². The SMILES string of the molecule is CCn1ccc(CN(C)C(=O)c2ccc(COc3cc(C)ccc3C)o2)n1. The van der Waals surface area contributed by atoms with Gasteiger partial charge in [-0.3, -0.25) is 9.48 Å². The van der Waals surface area contributed by atoms with E-state index in [1.807, 2.05) is 55.9 Å². The van der Waals surface area contributed by atoms with Crippen LogP contribution in [0.4, 0.5) is 0 Å². The summed E-state index contributed by atoms with van der Waals surface area (Å²) < 4.78 is 13.4. The van der Waals surface area contributed by atoms with Crippen LogP contribution >= 0.6 is 0 Å². The number of hydrogen-bond acceptors (Lipinski definition) is 4. The van der Waals surface area contributed by atoms with E-state index in [4.69, 9.17) is 9.15 Å². The van der Waals surface area contributed by atoms with Crippen LogP contribution in [0, 0.1) is 13.8 Å². The maximum absolute atomic E-state index is 12.6. The molecule has 27 heavy (non-hydrogen) atoms. The maximum Gasteiger partial charge on any atom is 0.289 e. The summed E-state index contributed by atoms with van der Waals surface area (Å²) in [4.78, 5) is 14.2. The highest BCUT2D eigenvalue weighted by Crippen LogP contribution is 2.21. The first kappa shape index (κ1) is 18.8. The van der Waals surface area contributed by atoms with Gasteiger partial charge in [0.1, 0.15) is 18.1 Å². The van der Waals surface area contributed by atoms with Crippen molar-refractivity contribution < 1.29 is 13.9 Å². The van der Waals surface area contributed by atoms with Gasteiger partial charge in [-0.2, -0.15) is 5.10 Å². The molecule has 0 aliphatic heterocycles. The number of nitrogens with zero attached hydrogens (tertiary/aromatic N) is 3. The van der Waals surface area contributed by atoms with Gasteiger partial charge in [0.15, 0.2) is 5.76 Å². The van der Waals surface area contributed by atoms with Crippen molar-refractivity contribution in [3.63, 3.8) is 0 Å². The van der Waals surface area contributed by atoms with Crippen LogP contribution in [-0.4, -0.2) is 27.6 Å². The molecule has 6 heteroatoms. The molecule has 0 saturated heterocycles. The Kier molecular flexibility index (Phi) is 5.64. The molecule has 6 nitrogen and oxygen atoms in total. The second kappa shape index (κ2) is 8.12. The van der Waals surface area contributed by atoms with Crippen LogP contribution in [0.5, 0.6) is 5.75 Å². The van der Waals surface area contributed by atoms with Crippen LogP contribution in [-0.2, 0) is 19.7 Å². The van der Waals surface area contributed by atoms with Crippen LogP contribution < -0.4 is 4.74 Å². The summed E-state index contributed by atoms with van der Waals surface area (Å²) in [5, 5.41) is 4.40. The third-order valence-corrected chi connectivity index (χ3v) is 4.35. The van der Waals surface area contributed by atoms with E-state index in [1.54, 1.807) is 24.1 Å². The molecule has 3 aromatic rings. The fourth-order valence-corrected chi connectivity index (χ4v) is 2.75. The molecule has 1 amide bonds. The molecule has 2 aromatic heterocycles. The summed E-state index contributed by atoms with van der Waals surface area (Å²) in [6, 6.07) is 11.4. The van der Waals surface area contributed by atoms with Crippen molar-refractivity contribution in [3.05, 3.63) is 70.9 Å². The fraction of sp³-hybridized carbons (Fsp3) is 0.333. The van der Waals surface area contributed by atoms with E-state index >= 15 is 0 Å². The van der Waals surface area contributed by atoms with Gasteiger partial charge in [-0.15, -0.1) is 0 Å². The number of carbonyl (C=O) groups excluding carboxylic acids is 1. The van der Waals surface area contributed by atoms with Crippen LogP contribution in [0.1, 0.15) is 40.1 Å². The fourth-order valence-electron chi connectivity index (χ4n) is 2.75. The first-order valence-electron chi connectivity index (χ1n) is 9.03. The van der Waals surface area contributed by atoms with Gasteiger partial charge in [0.25, 0.3) is 5.91 Å². The number of benzene rings is 1. The van der Waals surface area contributed by atoms with Gasteiger partial charge in [-0.05, 0) is 56.2 Å². The van der Waals surface area contributed by atoms with Crippen molar-refractivity contribution in [2.24, 2.45) is 0 Å². The largest absolute Gasteiger partial charge is 0.485 e. The second-order valence-electron chi connectivity index (χ2n) is 6.65. The molecule has 142 valence electrons. The minimum absolute atomic E-state index is 0.181. The highest BCUT2D eigenvalue weighted by Gasteiger charge is 2.17. The summed E-state index contributed by atoms with van der Waals surface area (Å²) in [6.45, 7) is 7.56. The average molecular weight is 367 g/mol. The van der Waals surface area contributed by atoms with E-state index in [1.165, 1.54) is 0 Å². The number of carbonyl (C=O) groups is 1. The first-order valence-corrected chi connectivity index (χ1v) is 9.03. The molecule has 3 rings (SSSR count). The number of aromatic nitrogens is 2. The summed E-state index contributed by atoms with van der Waals surface area (Å²) in [5.74, 6) is 1.55. The van der Waals surface area contributed by atoms with Crippen LogP contribution in [0.2, 0.25) is 0 Å². The number of ether oxygens (including phenoxy) is 1. The lowest BCUT2D eigenvalue weighted by molar-refractivity contribution is 0.0747. The molecule has 0 aliphatic rings. The van der Waals surface area contributed by atoms with Gasteiger partial charge < -0.3 is 14.1 Å². The first-order chi connectivity index (χ1) is 13.0. The van der Waals surface area contributed by atoms with Gasteiger partial charge in [-0.1, -0.05) is 12.1 Å². The predicted molar refractivity (Wildman–Crippen MR) is 103 cm³/mol. The Morgan fingerprint density at radius 2 is 2.04 bits per heavy atom. The van der Waals surface area contributed by atoms with E-state index in [2.05, 4.69) is 5.10 Å². The third-order valence-electron chi connectivity index (χ3n) is 4.35. The van der Waals surface area contributed by atoms with Crippen molar-refractivity contribution in [2.75, 3.05) is 7.05 Å². The second-order valence-corrected chi connectivity index (χ2v) is 6.65. The predicted octanol–water partition coefficient (Wildman–Crippen LogP) is 3.96. The van der Waals surface area contributed by atoms with Crippen molar-refractivity contribution >= 4 is 5.91 Å². The molecule has 1 aromatic carbocycles. The van der Waals surface area contributed by atoms with Crippen LogP contribution in [0.15, 0.2) is 47.0 Å². The molecule has 0 spiro atoms. The summed E-state index contributed by atoms with van der Waals surface area (Å²) in [5.41, 5.74) is 3.05. The Hall–Kier alpha value is -3.02. The molecule has 0 saturated carbocycles. The number of hydrogen-bond donors (Lipinski definition) is 0. The molecule has 0 unspecified atom stereocenters. The molecule has 0 atom stereocenters. The number of amides is 1. The zero-order valence-electron chi connectivity index (χ0n) is 16.2. The molecule has 2 heterocycles. The minimum Gasteiger partial charge on any atom is -0.485 e. The van der Waals surface area contributed by atoms with E-state index in [9.17, 15) is 4.79 Å². The van der Waals surface area contributed by atoms with Crippen LogP contribution in [0.25, 0.3) is 0 Å². The lowest BCUT2D eigenvalue weighted by Gasteiger charge is -2.14.